The number of rotatable bonds is 5. The molecular weight excluding hydrogens is 352 g/mol. The molecule has 144 valence electrons. The molecule has 1 N–H and O–H groups in total. The van der Waals surface area contributed by atoms with E-state index in [1.165, 1.54) is 4.68 Å². The minimum atomic E-state index is -0.272. The van der Waals surface area contributed by atoms with Gasteiger partial charge in [0.1, 0.15) is 12.4 Å². The Balaban J connectivity index is 1.55. The number of hydrogen-bond donors (Lipinski definition) is 1. The summed E-state index contributed by atoms with van der Waals surface area (Å²) in [5.41, 5.74) is 1.80. The first kappa shape index (κ1) is 18.2. The number of nitrogens with zero attached hydrogens (tertiary/aromatic N) is 3. The lowest BCUT2D eigenvalue weighted by Crippen LogP contribution is -2.36. The molecule has 3 aromatic rings. The van der Waals surface area contributed by atoms with Crippen molar-refractivity contribution in [1.29, 1.82) is 0 Å². The Kier molecular flexibility index (Phi) is 5.37. The Hall–Kier alpha value is -3.15. The predicted molar refractivity (Wildman–Crippen MR) is 107 cm³/mol. The number of amides is 1. The molecule has 0 aliphatic carbocycles. The second-order valence-electron chi connectivity index (χ2n) is 7.14. The van der Waals surface area contributed by atoms with Crippen molar-refractivity contribution in [2.75, 3.05) is 0 Å². The lowest BCUT2D eigenvalue weighted by Gasteiger charge is -2.19. The lowest BCUT2D eigenvalue weighted by molar-refractivity contribution is -0.122. The normalized spacial score (nSPS) is 13.8. The highest BCUT2D eigenvalue weighted by Gasteiger charge is 2.20. The maximum Gasteiger partial charge on any atom is 0.346 e. The quantitative estimate of drug-likeness (QED) is 0.744. The molecule has 4 rings (SSSR count). The molecule has 2 heterocycles. The van der Waals surface area contributed by atoms with Gasteiger partial charge in [-0.1, -0.05) is 67.1 Å². The summed E-state index contributed by atoms with van der Waals surface area (Å²) in [6, 6.07) is 19.4. The molecule has 0 unspecified atom stereocenters. The fourth-order valence-corrected chi connectivity index (χ4v) is 3.72. The van der Waals surface area contributed by atoms with Crippen molar-refractivity contribution in [2.45, 2.75) is 44.8 Å². The van der Waals surface area contributed by atoms with Gasteiger partial charge in [-0.15, -0.1) is 0 Å². The van der Waals surface area contributed by atoms with E-state index in [0.717, 1.165) is 42.6 Å². The van der Waals surface area contributed by atoms with Gasteiger partial charge in [0.15, 0.2) is 0 Å². The minimum absolute atomic E-state index is 0.0744. The van der Waals surface area contributed by atoms with E-state index in [4.69, 9.17) is 0 Å². The molecule has 1 aromatic heterocycles. The van der Waals surface area contributed by atoms with E-state index >= 15 is 0 Å². The van der Waals surface area contributed by atoms with Gasteiger partial charge in [0.2, 0.25) is 5.91 Å². The Bertz CT molecular complexity index is 953. The molecule has 0 bridgehead atoms. The van der Waals surface area contributed by atoms with Crippen molar-refractivity contribution in [1.82, 2.24) is 19.7 Å². The van der Waals surface area contributed by atoms with Crippen LogP contribution in [0.5, 0.6) is 0 Å². The van der Waals surface area contributed by atoms with Crippen LogP contribution in [0.2, 0.25) is 0 Å². The summed E-state index contributed by atoms with van der Waals surface area (Å²) >= 11 is 0. The first-order valence-corrected chi connectivity index (χ1v) is 9.78. The van der Waals surface area contributed by atoms with E-state index in [1.807, 2.05) is 60.7 Å². The van der Waals surface area contributed by atoms with Crippen molar-refractivity contribution >= 4 is 5.91 Å². The van der Waals surface area contributed by atoms with Gasteiger partial charge in [0.05, 0.1) is 6.04 Å². The Labute approximate surface area is 163 Å². The maximum atomic E-state index is 12.8. The van der Waals surface area contributed by atoms with E-state index in [1.54, 1.807) is 4.57 Å². The summed E-state index contributed by atoms with van der Waals surface area (Å²) in [5.74, 6) is 0.561. The number of aryl methyl sites for hydroxylation is 1. The summed E-state index contributed by atoms with van der Waals surface area (Å²) in [7, 11) is 0. The van der Waals surface area contributed by atoms with E-state index in [9.17, 15) is 9.59 Å². The van der Waals surface area contributed by atoms with Crippen molar-refractivity contribution in [2.24, 2.45) is 0 Å². The summed E-state index contributed by atoms with van der Waals surface area (Å²) in [6.07, 6.45) is 3.92. The van der Waals surface area contributed by atoms with Gasteiger partial charge in [-0.2, -0.15) is 5.10 Å². The molecule has 2 aromatic carbocycles. The van der Waals surface area contributed by atoms with Crippen LogP contribution in [0, 0.1) is 0 Å². The molecule has 0 saturated carbocycles. The highest BCUT2D eigenvalue weighted by atomic mass is 16.2. The number of aromatic nitrogens is 3. The SMILES string of the molecule is O=C(Cn1nc2n(c1=O)CCCCC2)NC(c1ccccc1)c1ccccc1. The molecule has 6 heteroatoms. The van der Waals surface area contributed by atoms with Crippen LogP contribution in [0.4, 0.5) is 0 Å². The molecule has 1 aliphatic heterocycles. The van der Waals surface area contributed by atoms with Crippen LogP contribution in [-0.4, -0.2) is 20.3 Å². The van der Waals surface area contributed by atoms with Crippen LogP contribution in [0.1, 0.15) is 42.3 Å². The van der Waals surface area contributed by atoms with Gasteiger partial charge in [-0.3, -0.25) is 9.36 Å². The summed E-state index contributed by atoms with van der Waals surface area (Å²) in [5, 5.41) is 7.48. The first-order chi connectivity index (χ1) is 13.7. The number of carbonyl (C=O) groups excluding carboxylic acids is 1. The molecule has 1 amide bonds. The second-order valence-corrected chi connectivity index (χ2v) is 7.14. The number of fused-ring (bicyclic) bond motifs is 1. The van der Waals surface area contributed by atoms with Crippen LogP contribution in [0.3, 0.4) is 0 Å². The minimum Gasteiger partial charge on any atom is -0.344 e. The van der Waals surface area contributed by atoms with Crippen LogP contribution in [-0.2, 0) is 24.3 Å². The van der Waals surface area contributed by atoms with Crippen LogP contribution in [0.25, 0.3) is 0 Å². The van der Waals surface area contributed by atoms with Gasteiger partial charge in [-0.05, 0) is 24.0 Å². The number of benzene rings is 2. The third-order valence-corrected chi connectivity index (χ3v) is 5.15. The number of nitrogens with one attached hydrogen (secondary N) is 1. The van der Waals surface area contributed by atoms with E-state index in [0.29, 0.717) is 6.54 Å². The van der Waals surface area contributed by atoms with E-state index in [-0.39, 0.29) is 24.2 Å². The maximum absolute atomic E-state index is 12.8. The second kappa shape index (κ2) is 8.25. The average Bonchev–Trinajstić information content (AvgIpc) is 2.89. The van der Waals surface area contributed by atoms with Crippen LogP contribution >= 0.6 is 0 Å². The zero-order valence-corrected chi connectivity index (χ0v) is 15.8. The largest absolute Gasteiger partial charge is 0.346 e. The van der Waals surface area contributed by atoms with Gasteiger partial charge < -0.3 is 5.32 Å². The van der Waals surface area contributed by atoms with Crippen LogP contribution in [0.15, 0.2) is 65.5 Å². The molecular formula is C22H24N4O2. The summed E-state index contributed by atoms with van der Waals surface area (Å²) < 4.78 is 3.01. The monoisotopic (exact) mass is 376 g/mol. The van der Waals surface area contributed by atoms with Gasteiger partial charge >= 0.3 is 5.69 Å². The van der Waals surface area contributed by atoms with Crippen molar-refractivity contribution in [3.63, 3.8) is 0 Å². The molecule has 1 aliphatic rings. The van der Waals surface area contributed by atoms with Crippen LogP contribution < -0.4 is 11.0 Å². The third kappa shape index (κ3) is 3.91. The Morgan fingerprint density at radius 1 is 0.964 bits per heavy atom. The van der Waals surface area contributed by atoms with Gasteiger partial charge in [0.25, 0.3) is 0 Å². The van der Waals surface area contributed by atoms with Gasteiger partial charge in [0, 0.05) is 13.0 Å². The average molecular weight is 376 g/mol. The highest BCUT2D eigenvalue weighted by molar-refractivity contribution is 5.76. The standard InChI is InChI=1S/C22H24N4O2/c27-20(16-26-22(28)25-15-9-3-8-14-19(25)24-26)23-21(17-10-4-1-5-11-17)18-12-6-2-7-13-18/h1-2,4-7,10-13,21H,3,8-9,14-16H2,(H,23,27). The molecule has 0 spiro atoms. The zero-order chi connectivity index (χ0) is 19.3. The number of hydrogen-bond acceptors (Lipinski definition) is 3. The van der Waals surface area contributed by atoms with Crippen molar-refractivity contribution in [3.8, 4) is 0 Å². The Morgan fingerprint density at radius 2 is 1.61 bits per heavy atom. The molecule has 0 atom stereocenters. The van der Waals surface area contributed by atoms with E-state index in [2.05, 4.69) is 10.4 Å². The molecule has 6 nitrogen and oxygen atoms in total. The smallest absolute Gasteiger partial charge is 0.344 e. The van der Waals surface area contributed by atoms with Crippen molar-refractivity contribution in [3.05, 3.63) is 88.1 Å². The zero-order valence-electron chi connectivity index (χ0n) is 15.8. The highest BCUT2D eigenvalue weighted by Crippen LogP contribution is 2.21. The summed E-state index contributed by atoms with van der Waals surface area (Å²) in [6.45, 7) is 0.613. The van der Waals surface area contributed by atoms with E-state index < -0.39 is 0 Å². The third-order valence-electron chi connectivity index (χ3n) is 5.15. The molecule has 28 heavy (non-hydrogen) atoms. The molecule has 0 saturated heterocycles. The van der Waals surface area contributed by atoms with Crippen molar-refractivity contribution < 1.29 is 4.79 Å². The topological polar surface area (TPSA) is 68.9 Å². The lowest BCUT2D eigenvalue weighted by atomic mass is 9.99. The fraction of sp³-hybridized carbons (Fsp3) is 0.318. The Morgan fingerprint density at radius 3 is 2.25 bits per heavy atom. The fourth-order valence-electron chi connectivity index (χ4n) is 3.72. The number of carbonyl (C=O) groups is 1. The first-order valence-electron chi connectivity index (χ1n) is 9.78. The summed E-state index contributed by atoms with van der Waals surface area (Å²) in [4.78, 5) is 25.4. The van der Waals surface area contributed by atoms with Gasteiger partial charge in [-0.25, -0.2) is 9.48 Å². The predicted octanol–water partition coefficient (Wildman–Crippen LogP) is 2.68. The molecule has 0 radical (unpaired) electrons. The molecule has 0 fully saturated rings.